The first kappa shape index (κ1) is 11.6. The summed E-state index contributed by atoms with van der Waals surface area (Å²) in [5.41, 5.74) is 1.92. The molecule has 0 fully saturated rings. The summed E-state index contributed by atoms with van der Waals surface area (Å²) in [7, 11) is 1.84. The molecule has 5 nitrogen and oxygen atoms in total. The van der Waals surface area contributed by atoms with Crippen LogP contribution in [0.1, 0.15) is 17.8 Å². The molecule has 0 bridgehead atoms. The van der Waals surface area contributed by atoms with Crippen LogP contribution in [-0.4, -0.2) is 19.6 Å². The molecule has 0 spiro atoms. The van der Waals surface area contributed by atoms with Gasteiger partial charge in [0.25, 0.3) is 0 Å². The molecule has 0 unspecified atom stereocenters. The minimum absolute atomic E-state index is 0.425. The molecule has 17 heavy (non-hydrogen) atoms. The van der Waals surface area contributed by atoms with E-state index in [4.69, 9.17) is 0 Å². The first-order valence-corrected chi connectivity index (χ1v) is 5.12. The van der Waals surface area contributed by atoms with Gasteiger partial charge in [0, 0.05) is 37.6 Å². The van der Waals surface area contributed by atoms with Crippen LogP contribution < -0.4 is 5.32 Å². The van der Waals surface area contributed by atoms with Crippen LogP contribution in [0, 0.1) is 6.92 Å². The number of hydrogen-bond acceptors (Lipinski definition) is 3. The maximum atomic E-state index is 12.3. The van der Waals surface area contributed by atoms with Gasteiger partial charge >= 0.3 is 6.55 Å². The lowest BCUT2D eigenvalue weighted by atomic mass is 10.2. The molecule has 92 valence electrons. The lowest BCUT2D eigenvalue weighted by Gasteiger charge is -2.01. The monoisotopic (exact) mass is 241 g/mol. The zero-order valence-corrected chi connectivity index (χ0v) is 9.56. The van der Waals surface area contributed by atoms with E-state index in [-0.39, 0.29) is 0 Å². The maximum Gasteiger partial charge on any atom is 0.333 e. The fourth-order valence-electron chi connectivity index (χ4n) is 1.55. The number of anilines is 1. The van der Waals surface area contributed by atoms with Gasteiger partial charge in [-0.2, -0.15) is 19.0 Å². The van der Waals surface area contributed by atoms with Gasteiger partial charge in [-0.1, -0.05) is 0 Å². The molecular formula is C10H13F2N5. The summed E-state index contributed by atoms with van der Waals surface area (Å²) < 4.78 is 26.9. The van der Waals surface area contributed by atoms with Crippen molar-refractivity contribution < 1.29 is 8.78 Å². The fourth-order valence-corrected chi connectivity index (χ4v) is 1.55. The van der Waals surface area contributed by atoms with Gasteiger partial charge in [0.1, 0.15) is 5.82 Å². The molecular weight excluding hydrogens is 228 g/mol. The van der Waals surface area contributed by atoms with E-state index in [0.717, 1.165) is 11.3 Å². The van der Waals surface area contributed by atoms with E-state index in [1.807, 2.05) is 20.2 Å². The maximum absolute atomic E-state index is 12.3. The van der Waals surface area contributed by atoms with Crippen molar-refractivity contribution in [3.63, 3.8) is 0 Å². The first-order chi connectivity index (χ1) is 8.06. The van der Waals surface area contributed by atoms with Crippen molar-refractivity contribution in [1.29, 1.82) is 0 Å². The number of aryl methyl sites for hydroxylation is 2. The van der Waals surface area contributed by atoms with Crippen molar-refractivity contribution in [2.24, 2.45) is 7.05 Å². The Balaban J connectivity index is 2.00. The van der Waals surface area contributed by atoms with Crippen LogP contribution in [0.2, 0.25) is 0 Å². The van der Waals surface area contributed by atoms with Crippen molar-refractivity contribution in [2.75, 3.05) is 5.32 Å². The van der Waals surface area contributed by atoms with Crippen molar-refractivity contribution >= 4 is 5.82 Å². The van der Waals surface area contributed by atoms with Crippen LogP contribution >= 0.6 is 0 Å². The number of nitrogens with one attached hydrogen (secondary N) is 1. The first-order valence-electron chi connectivity index (χ1n) is 5.12. The van der Waals surface area contributed by atoms with Crippen molar-refractivity contribution in [2.45, 2.75) is 20.0 Å². The molecule has 2 heterocycles. The fraction of sp³-hybridized carbons (Fsp3) is 0.400. The third-order valence-corrected chi connectivity index (χ3v) is 2.38. The summed E-state index contributed by atoms with van der Waals surface area (Å²) in [6, 6.07) is 1.51. The molecule has 0 aromatic carbocycles. The highest BCUT2D eigenvalue weighted by atomic mass is 19.3. The standard InChI is InChI=1S/C10H13F2N5/c1-7-8(6-16(2)14-7)5-13-9-3-4-17(15-9)10(11)12/h3-4,6,10H,5H2,1-2H3,(H,13,15). The number of alkyl halides is 2. The van der Waals surface area contributed by atoms with Crippen LogP contribution in [-0.2, 0) is 13.6 Å². The van der Waals surface area contributed by atoms with E-state index in [9.17, 15) is 8.78 Å². The van der Waals surface area contributed by atoms with Crippen molar-refractivity contribution in [1.82, 2.24) is 19.6 Å². The van der Waals surface area contributed by atoms with E-state index in [2.05, 4.69) is 15.5 Å². The van der Waals surface area contributed by atoms with Crippen LogP contribution in [0.15, 0.2) is 18.5 Å². The molecule has 0 radical (unpaired) electrons. The molecule has 1 N–H and O–H groups in total. The van der Waals surface area contributed by atoms with Gasteiger partial charge in [-0.25, -0.2) is 4.68 Å². The number of halogens is 2. The largest absolute Gasteiger partial charge is 0.364 e. The molecule has 0 atom stereocenters. The average molecular weight is 241 g/mol. The summed E-state index contributed by atoms with van der Waals surface area (Å²) in [4.78, 5) is 0. The van der Waals surface area contributed by atoms with Gasteiger partial charge in [0.05, 0.1) is 5.69 Å². The van der Waals surface area contributed by atoms with Gasteiger partial charge in [0.2, 0.25) is 0 Å². The molecule has 0 saturated carbocycles. The van der Waals surface area contributed by atoms with Crippen LogP contribution in [0.4, 0.5) is 14.6 Å². The molecule has 0 saturated heterocycles. The molecule has 0 aliphatic heterocycles. The minimum atomic E-state index is -2.61. The SMILES string of the molecule is Cc1nn(C)cc1CNc1ccn(C(F)F)n1. The summed E-state index contributed by atoms with van der Waals surface area (Å²) in [5.74, 6) is 0.425. The third kappa shape index (κ3) is 2.61. The van der Waals surface area contributed by atoms with Crippen LogP contribution in [0.25, 0.3) is 0 Å². The smallest absolute Gasteiger partial charge is 0.333 e. The zero-order chi connectivity index (χ0) is 12.4. The van der Waals surface area contributed by atoms with E-state index >= 15 is 0 Å². The Morgan fingerprint density at radius 3 is 2.71 bits per heavy atom. The molecule has 7 heteroatoms. The van der Waals surface area contributed by atoms with Crippen molar-refractivity contribution in [3.05, 3.63) is 29.7 Å². The highest BCUT2D eigenvalue weighted by Crippen LogP contribution is 2.13. The van der Waals surface area contributed by atoms with Gasteiger partial charge in [0.15, 0.2) is 0 Å². The molecule has 0 aliphatic rings. The Bertz CT molecular complexity index is 503. The number of aromatic nitrogens is 4. The third-order valence-electron chi connectivity index (χ3n) is 2.38. The molecule has 2 rings (SSSR count). The van der Waals surface area contributed by atoms with E-state index < -0.39 is 6.55 Å². The average Bonchev–Trinajstić information content (AvgIpc) is 2.82. The lowest BCUT2D eigenvalue weighted by Crippen LogP contribution is -2.03. The summed E-state index contributed by atoms with van der Waals surface area (Å²) in [5, 5.41) is 10.8. The number of rotatable bonds is 4. The van der Waals surface area contributed by atoms with Gasteiger partial charge < -0.3 is 5.32 Å². The van der Waals surface area contributed by atoms with Gasteiger partial charge in [-0.15, -0.1) is 0 Å². The van der Waals surface area contributed by atoms with E-state index in [1.165, 1.54) is 12.3 Å². The van der Waals surface area contributed by atoms with Gasteiger partial charge in [-0.3, -0.25) is 4.68 Å². The van der Waals surface area contributed by atoms with Gasteiger partial charge in [-0.05, 0) is 6.92 Å². The normalized spacial score (nSPS) is 11.1. The number of hydrogen-bond donors (Lipinski definition) is 1. The Hall–Kier alpha value is -1.92. The topological polar surface area (TPSA) is 47.7 Å². The Morgan fingerprint density at radius 2 is 2.18 bits per heavy atom. The quantitative estimate of drug-likeness (QED) is 0.889. The lowest BCUT2D eigenvalue weighted by molar-refractivity contribution is 0.0569. The molecule has 2 aromatic heterocycles. The van der Waals surface area contributed by atoms with Crippen molar-refractivity contribution in [3.8, 4) is 0 Å². The molecule has 0 amide bonds. The summed E-state index contributed by atoms with van der Waals surface area (Å²) in [6.07, 6.45) is 3.12. The second-order valence-electron chi connectivity index (χ2n) is 3.73. The highest BCUT2D eigenvalue weighted by Gasteiger charge is 2.08. The van der Waals surface area contributed by atoms with E-state index in [0.29, 0.717) is 17.0 Å². The number of nitrogens with zero attached hydrogens (tertiary/aromatic N) is 4. The Kier molecular flexibility index (Phi) is 3.08. The highest BCUT2D eigenvalue weighted by molar-refractivity contribution is 5.34. The predicted octanol–water partition coefficient (Wildman–Crippen LogP) is 1.93. The zero-order valence-electron chi connectivity index (χ0n) is 9.56. The van der Waals surface area contributed by atoms with Crippen LogP contribution in [0.5, 0.6) is 0 Å². The predicted molar refractivity (Wildman–Crippen MR) is 58.8 cm³/mol. The Morgan fingerprint density at radius 1 is 1.41 bits per heavy atom. The minimum Gasteiger partial charge on any atom is -0.364 e. The second-order valence-corrected chi connectivity index (χ2v) is 3.73. The second kappa shape index (κ2) is 4.52. The summed E-state index contributed by atoms with van der Waals surface area (Å²) >= 11 is 0. The molecule has 2 aromatic rings. The van der Waals surface area contributed by atoms with E-state index in [1.54, 1.807) is 4.68 Å². The Labute approximate surface area is 97.0 Å². The summed E-state index contributed by atoms with van der Waals surface area (Å²) in [6.45, 7) is -0.194. The molecule has 0 aliphatic carbocycles. The van der Waals surface area contributed by atoms with Crippen LogP contribution in [0.3, 0.4) is 0 Å².